The van der Waals surface area contributed by atoms with Crippen LogP contribution >= 0.6 is 15.9 Å². The molecule has 140 valence electrons. The summed E-state index contributed by atoms with van der Waals surface area (Å²) >= 11 is 3.62. The molecule has 0 unspecified atom stereocenters. The van der Waals surface area contributed by atoms with Gasteiger partial charge in [-0.05, 0) is 48.9 Å². The fourth-order valence-corrected chi connectivity index (χ4v) is 3.25. The van der Waals surface area contributed by atoms with E-state index in [1.54, 1.807) is 19.2 Å². The molecule has 0 radical (unpaired) electrons. The minimum Gasteiger partial charge on any atom is -0.508 e. The second kappa shape index (κ2) is 8.82. The molecule has 4 nitrogen and oxygen atoms in total. The van der Waals surface area contributed by atoms with Gasteiger partial charge in [0.05, 0.1) is 7.11 Å². The minimum atomic E-state index is 0.241. The average Bonchev–Trinajstić information content (AvgIpc) is 2.67. The number of aryl methyl sites for hydroxylation is 1. The van der Waals surface area contributed by atoms with Crippen LogP contribution in [0.2, 0.25) is 0 Å². The predicted molar refractivity (Wildman–Crippen MR) is 112 cm³/mol. The van der Waals surface area contributed by atoms with Crippen LogP contribution in [-0.2, 0) is 13.2 Å². The molecule has 0 amide bonds. The Hall–Kier alpha value is -2.66. The summed E-state index contributed by atoms with van der Waals surface area (Å²) in [5.41, 5.74) is 4.18. The second-order valence-corrected chi connectivity index (χ2v) is 7.09. The monoisotopic (exact) mass is 427 g/mol. The van der Waals surface area contributed by atoms with Gasteiger partial charge in [-0.3, -0.25) is 0 Å². The van der Waals surface area contributed by atoms with Crippen molar-refractivity contribution in [3.05, 3.63) is 81.8 Å². The van der Waals surface area contributed by atoms with E-state index in [4.69, 9.17) is 9.47 Å². The summed E-state index contributed by atoms with van der Waals surface area (Å²) in [5.74, 6) is 1.64. The summed E-state index contributed by atoms with van der Waals surface area (Å²) < 4.78 is 12.6. The Labute approximate surface area is 167 Å². The number of rotatable bonds is 7. The summed E-state index contributed by atoms with van der Waals surface area (Å²) in [6, 6.07) is 19.1. The van der Waals surface area contributed by atoms with Gasteiger partial charge in [-0.15, -0.1) is 0 Å². The van der Waals surface area contributed by atoms with E-state index in [0.717, 1.165) is 21.3 Å². The Kier molecular flexibility index (Phi) is 6.24. The van der Waals surface area contributed by atoms with Gasteiger partial charge in [0.15, 0.2) is 11.5 Å². The zero-order valence-electron chi connectivity index (χ0n) is 15.3. The van der Waals surface area contributed by atoms with Gasteiger partial charge in [0.25, 0.3) is 0 Å². The van der Waals surface area contributed by atoms with Gasteiger partial charge in [-0.1, -0.05) is 45.8 Å². The maximum Gasteiger partial charge on any atom is 0.167 e. The van der Waals surface area contributed by atoms with Crippen molar-refractivity contribution in [3.8, 4) is 17.2 Å². The van der Waals surface area contributed by atoms with E-state index in [0.29, 0.717) is 24.7 Å². The van der Waals surface area contributed by atoms with Gasteiger partial charge in [0.2, 0.25) is 0 Å². The number of aromatic hydroxyl groups is 1. The maximum absolute atomic E-state index is 9.42. The third kappa shape index (κ3) is 4.95. The number of hydrogen-bond donors (Lipinski definition) is 2. The Morgan fingerprint density at radius 2 is 1.81 bits per heavy atom. The van der Waals surface area contributed by atoms with E-state index >= 15 is 0 Å². The summed E-state index contributed by atoms with van der Waals surface area (Å²) in [7, 11) is 1.64. The largest absolute Gasteiger partial charge is 0.508 e. The fraction of sp³-hybridized carbons (Fsp3) is 0.182. The van der Waals surface area contributed by atoms with Crippen LogP contribution in [0.15, 0.2) is 65.1 Å². The first-order valence-electron chi connectivity index (χ1n) is 8.63. The van der Waals surface area contributed by atoms with E-state index in [1.807, 2.05) is 36.4 Å². The Bertz CT molecular complexity index is 910. The van der Waals surface area contributed by atoms with Crippen molar-refractivity contribution in [2.75, 3.05) is 12.4 Å². The van der Waals surface area contributed by atoms with Crippen molar-refractivity contribution in [3.63, 3.8) is 0 Å². The molecule has 0 atom stereocenters. The Morgan fingerprint density at radius 1 is 1.04 bits per heavy atom. The van der Waals surface area contributed by atoms with Crippen molar-refractivity contribution in [1.29, 1.82) is 0 Å². The molecule has 5 heteroatoms. The van der Waals surface area contributed by atoms with Gasteiger partial charge in [-0.25, -0.2) is 0 Å². The number of phenols is 1. The van der Waals surface area contributed by atoms with Crippen molar-refractivity contribution in [2.24, 2.45) is 0 Å². The number of anilines is 1. The topological polar surface area (TPSA) is 50.7 Å². The van der Waals surface area contributed by atoms with Crippen LogP contribution in [0.5, 0.6) is 17.2 Å². The standard InChI is InChI=1S/C22H22BrNO3/c1-15-4-3-5-16(12-15)14-27-22-19(20(23)10-11-21(22)26-2)13-24-17-6-8-18(25)9-7-17/h3-12,24-25H,13-14H2,1-2H3. The molecule has 0 fully saturated rings. The number of phenolic OH excluding ortho intramolecular Hbond substituents is 1. The van der Waals surface area contributed by atoms with Crippen molar-refractivity contribution >= 4 is 21.6 Å². The lowest BCUT2D eigenvalue weighted by atomic mass is 10.1. The maximum atomic E-state index is 9.42. The molecular weight excluding hydrogens is 406 g/mol. The SMILES string of the molecule is COc1ccc(Br)c(CNc2ccc(O)cc2)c1OCc1cccc(C)c1. The second-order valence-electron chi connectivity index (χ2n) is 6.24. The van der Waals surface area contributed by atoms with E-state index in [-0.39, 0.29) is 5.75 Å². The van der Waals surface area contributed by atoms with Crippen LogP contribution in [0, 0.1) is 6.92 Å². The zero-order valence-corrected chi connectivity index (χ0v) is 16.9. The first-order chi connectivity index (χ1) is 13.1. The minimum absolute atomic E-state index is 0.241. The number of hydrogen-bond acceptors (Lipinski definition) is 4. The van der Waals surface area contributed by atoms with Crippen LogP contribution in [0.3, 0.4) is 0 Å². The number of ether oxygens (including phenoxy) is 2. The summed E-state index contributed by atoms with van der Waals surface area (Å²) in [6.07, 6.45) is 0. The number of methoxy groups -OCH3 is 1. The molecule has 0 aliphatic rings. The molecule has 2 N–H and O–H groups in total. The lowest BCUT2D eigenvalue weighted by molar-refractivity contribution is 0.281. The molecule has 27 heavy (non-hydrogen) atoms. The number of benzene rings is 3. The predicted octanol–water partition coefficient (Wildman–Crippen LogP) is 5.66. The van der Waals surface area contributed by atoms with E-state index in [1.165, 1.54) is 5.56 Å². The molecule has 0 heterocycles. The molecule has 3 aromatic rings. The quantitative estimate of drug-likeness (QED) is 0.477. The smallest absolute Gasteiger partial charge is 0.167 e. The zero-order chi connectivity index (χ0) is 19.2. The van der Waals surface area contributed by atoms with Crippen LogP contribution in [0.1, 0.15) is 16.7 Å². The van der Waals surface area contributed by atoms with Gasteiger partial charge in [0, 0.05) is 22.3 Å². The van der Waals surface area contributed by atoms with Crippen LogP contribution < -0.4 is 14.8 Å². The first kappa shape index (κ1) is 19.1. The summed E-state index contributed by atoms with van der Waals surface area (Å²) in [5, 5.41) is 12.8. The van der Waals surface area contributed by atoms with Gasteiger partial charge in [-0.2, -0.15) is 0 Å². The number of halogens is 1. The van der Waals surface area contributed by atoms with Crippen molar-refractivity contribution in [1.82, 2.24) is 0 Å². The van der Waals surface area contributed by atoms with E-state index in [9.17, 15) is 5.11 Å². The first-order valence-corrected chi connectivity index (χ1v) is 9.42. The highest BCUT2D eigenvalue weighted by atomic mass is 79.9. The molecule has 0 bridgehead atoms. The normalized spacial score (nSPS) is 10.5. The molecule has 0 aromatic heterocycles. The fourth-order valence-electron chi connectivity index (χ4n) is 2.79. The molecule has 0 spiro atoms. The molecular formula is C22H22BrNO3. The van der Waals surface area contributed by atoms with Crippen LogP contribution in [0.4, 0.5) is 5.69 Å². The average molecular weight is 428 g/mol. The third-order valence-electron chi connectivity index (χ3n) is 4.19. The van der Waals surface area contributed by atoms with Crippen LogP contribution in [0.25, 0.3) is 0 Å². The van der Waals surface area contributed by atoms with Gasteiger partial charge >= 0.3 is 0 Å². The molecule has 0 aliphatic carbocycles. The highest BCUT2D eigenvalue weighted by Gasteiger charge is 2.15. The number of nitrogens with one attached hydrogen (secondary N) is 1. The van der Waals surface area contributed by atoms with Gasteiger partial charge in [0.1, 0.15) is 12.4 Å². The Morgan fingerprint density at radius 3 is 2.52 bits per heavy atom. The summed E-state index contributed by atoms with van der Waals surface area (Å²) in [6.45, 7) is 3.07. The Balaban J connectivity index is 1.82. The third-order valence-corrected chi connectivity index (χ3v) is 4.93. The lowest BCUT2D eigenvalue weighted by Gasteiger charge is -2.18. The highest BCUT2D eigenvalue weighted by Crippen LogP contribution is 2.37. The van der Waals surface area contributed by atoms with Crippen molar-refractivity contribution in [2.45, 2.75) is 20.1 Å². The van der Waals surface area contributed by atoms with Crippen molar-refractivity contribution < 1.29 is 14.6 Å². The van der Waals surface area contributed by atoms with Gasteiger partial charge < -0.3 is 19.9 Å². The van der Waals surface area contributed by atoms with E-state index < -0.39 is 0 Å². The van der Waals surface area contributed by atoms with E-state index in [2.05, 4.69) is 40.3 Å². The molecule has 3 rings (SSSR count). The molecule has 0 aliphatic heterocycles. The molecule has 0 saturated heterocycles. The molecule has 0 saturated carbocycles. The lowest BCUT2D eigenvalue weighted by Crippen LogP contribution is -2.06. The van der Waals surface area contributed by atoms with Crippen LogP contribution in [-0.4, -0.2) is 12.2 Å². The molecule has 3 aromatic carbocycles. The highest BCUT2D eigenvalue weighted by molar-refractivity contribution is 9.10. The summed E-state index contributed by atoms with van der Waals surface area (Å²) in [4.78, 5) is 0.